The highest BCUT2D eigenvalue weighted by molar-refractivity contribution is 6.23. The first-order valence-electron chi connectivity index (χ1n) is 25.5. The highest BCUT2D eigenvalue weighted by atomic mass is 14.5. The van der Waals surface area contributed by atoms with Crippen molar-refractivity contribution in [2.75, 3.05) is 0 Å². The van der Waals surface area contributed by atoms with E-state index in [-0.39, 0.29) is 5.41 Å². The minimum absolute atomic E-state index is 0.0830. The molecular weight excluding hydrogens is 865 g/mol. The second kappa shape index (κ2) is 14.4. The van der Waals surface area contributed by atoms with Gasteiger partial charge in [-0.2, -0.15) is 0 Å². The van der Waals surface area contributed by atoms with Gasteiger partial charge in [-0.05, 0) is 184 Å². The van der Waals surface area contributed by atoms with Crippen molar-refractivity contribution in [3.05, 3.63) is 276 Å². The van der Waals surface area contributed by atoms with Gasteiger partial charge in [-0.15, -0.1) is 0 Å². The van der Waals surface area contributed by atoms with E-state index in [4.69, 9.17) is 0 Å². The van der Waals surface area contributed by atoms with E-state index in [9.17, 15) is 0 Å². The van der Waals surface area contributed by atoms with Crippen LogP contribution in [0.5, 0.6) is 0 Å². The molecule has 0 aliphatic heterocycles. The van der Waals surface area contributed by atoms with Gasteiger partial charge in [0.15, 0.2) is 0 Å². The molecule has 0 bridgehead atoms. The maximum atomic E-state index is 2.55. The van der Waals surface area contributed by atoms with Crippen LogP contribution in [0.2, 0.25) is 0 Å². The van der Waals surface area contributed by atoms with Gasteiger partial charge < -0.3 is 0 Å². The van der Waals surface area contributed by atoms with E-state index in [1.165, 1.54) is 154 Å². The lowest BCUT2D eigenvalue weighted by Gasteiger charge is -2.32. The molecule has 334 valence electrons. The lowest BCUT2D eigenvalue weighted by molar-refractivity contribution is 0.660. The predicted octanol–water partition coefficient (Wildman–Crippen LogP) is 19.1. The molecule has 0 radical (unpaired) electrons. The van der Waals surface area contributed by atoms with Gasteiger partial charge in [-0.25, -0.2) is 0 Å². The smallest absolute Gasteiger partial charge is 0.0619 e. The van der Waals surface area contributed by atoms with Crippen molar-refractivity contribution in [3.63, 3.8) is 0 Å². The van der Waals surface area contributed by atoms with Crippen molar-refractivity contribution in [2.45, 2.75) is 24.7 Å². The normalized spacial score (nSPS) is 14.2. The van der Waals surface area contributed by atoms with Crippen LogP contribution in [0.3, 0.4) is 0 Å². The number of hydrogen-bond acceptors (Lipinski definition) is 0. The zero-order valence-corrected chi connectivity index (χ0v) is 40.1. The van der Waals surface area contributed by atoms with Crippen LogP contribution in [-0.2, 0) is 10.8 Å². The van der Waals surface area contributed by atoms with Crippen LogP contribution in [-0.4, -0.2) is 0 Å². The molecule has 1 spiro atoms. The molecule has 72 heavy (non-hydrogen) atoms. The predicted molar refractivity (Wildman–Crippen MR) is 304 cm³/mol. The molecule has 0 heteroatoms. The third-order valence-electron chi connectivity index (χ3n) is 17.2. The van der Waals surface area contributed by atoms with Crippen molar-refractivity contribution in [1.29, 1.82) is 0 Å². The molecule has 16 rings (SSSR count). The van der Waals surface area contributed by atoms with Crippen LogP contribution in [0, 0.1) is 0 Å². The Morgan fingerprint density at radius 2 is 0.681 bits per heavy atom. The van der Waals surface area contributed by atoms with Gasteiger partial charge in [0.2, 0.25) is 0 Å². The lowest BCUT2D eigenvalue weighted by atomic mass is 9.69. The molecule has 0 fully saturated rings. The summed E-state index contributed by atoms with van der Waals surface area (Å²) in [6, 6.07) is 92.3. The Kier molecular flexibility index (Phi) is 7.98. The fourth-order valence-corrected chi connectivity index (χ4v) is 14.2. The highest BCUT2D eigenvalue weighted by Crippen LogP contribution is 2.66. The van der Waals surface area contributed by atoms with Crippen molar-refractivity contribution >= 4 is 53.9 Å². The molecule has 13 aromatic rings. The summed E-state index contributed by atoms with van der Waals surface area (Å²) in [5.74, 6) is 0. The molecular formula is C72H46. The first-order valence-corrected chi connectivity index (χ1v) is 25.5. The van der Waals surface area contributed by atoms with E-state index in [2.05, 4.69) is 257 Å². The molecule has 0 atom stereocenters. The van der Waals surface area contributed by atoms with Crippen molar-refractivity contribution in [1.82, 2.24) is 0 Å². The summed E-state index contributed by atoms with van der Waals surface area (Å²) in [6.07, 6.45) is 0. The van der Waals surface area contributed by atoms with Gasteiger partial charge in [-0.3, -0.25) is 0 Å². The summed E-state index contributed by atoms with van der Waals surface area (Å²) < 4.78 is 0. The summed E-state index contributed by atoms with van der Waals surface area (Å²) in [6.45, 7) is 4.75. The number of hydrogen-bond donors (Lipinski definition) is 0. The Labute approximate surface area is 419 Å². The Morgan fingerprint density at radius 3 is 1.31 bits per heavy atom. The molecule has 3 aliphatic carbocycles. The molecule has 0 saturated heterocycles. The largest absolute Gasteiger partial charge is 0.0731 e. The fraction of sp³-hybridized carbons (Fsp3) is 0.0556. The first-order chi connectivity index (χ1) is 35.5. The molecule has 0 nitrogen and oxygen atoms in total. The number of rotatable bonds is 3. The van der Waals surface area contributed by atoms with Gasteiger partial charge >= 0.3 is 0 Å². The first kappa shape index (κ1) is 39.9. The van der Waals surface area contributed by atoms with Crippen LogP contribution in [0.4, 0.5) is 0 Å². The Bertz CT molecular complexity index is 4440. The van der Waals surface area contributed by atoms with Crippen molar-refractivity contribution in [2.24, 2.45) is 0 Å². The summed E-state index contributed by atoms with van der Waals surface area (Å²) in [5, 5.41) is 12.8. The van der Waals surface area contributed by atoms with Crippen molar-refractivity contribution < 1.29 is 0 Å². The molecule has 0 aromatic heterocycles. The molecule has 0 N–H and O–H groups in total. The summed E-state index contributed by atoms with van der Waals surface area (Å²) in [4.78, 5) is 0. The minimum Gasteiger partial charge on any atom is -0.0619 e. The zero-order chi connectivity index (χ0) is 47.5. The minimum atomic E-state index is -0.485. The fourth-order valence-electron chi connectivity index (χ4n) is 14.2. The maximum Gasteiger partial charge on any atom is 0.0731 e. The maximum absolute atomic E-state index is 2.55. The standard InChI is InChI=1S/C72H46/c1-71(2)62-31-14-11-22-51(62)54-37-36-47(41-65(54)71)68-58-28-8-6-26-56(58)67(57-27-7-9-29-59(57)68)46-19-17-18-43(38-46)44-34-35-45-40-61-66(42-48(45)39-44)72(63-32-15-12-23-52(63)53-24-13-16-33-64(53)72)70-60-30-10-4-21-50(60)49-20-3-5-25-55(49)69(61)70/h3-42H,1-2H3. The molecule has 3 aliphatic rings. The quantitative estimate of drug-likeness (QED) is 0.122. The summed E-state index contributed by atoms with van der Waals surface area (Å²) >= 11 is 0. The Morgan fingerprint density at radius 1 is 0.236 bits per heavy atom. The van der Waals surface area contributed by atoms with Gasteiger partial charge in [0.1, 0.15) is 0 Å². The van der Waals surface area contributed by atoms with Crippen LogP contribution >= 0.6 is 0 Å². The summed E-state index contributed by atoms with van der Waals surface area (Å²) in [5.41, 5.74) is 23.3. The van der Waals surface area contributed by atoms with Crippen LogP contribution in [0.25, 0.3) is 121 Å². The van der Waals surface area contributed by atoms with Gasteiger partial charge in [-0.1, -0.05) is 226 Å². The van der Waals surface area contributed by atoms with Crippen LogP contribution in [0.1, 0.15) is 47.2 Å². The van der Waals surface area contributed by atoms with Crippen LogP contribution in [0.15, 0.2) is 243 Å². The molecule has 0 amide bonds. The Hall–Kier alpha value is -8.84. The molecule has 0 heterocycles. The SMILES string of the molecule is CC1(C)c2ccccc2-c2ccc(-c3c4ccccc4c(-c4cccc(-c5ccc6cc7c(cc6c5)C5(c6ccccc6-c6ccccc65)c5c-7c6ccccc6c6ccccc56)c4)c4ccccc34)cc21. The van der Waals surface area contributed by atoms with Gasteiger partial charge in [0.25, 0.3) is 0 Å². The van der Waals surface area contributed by atoms with E-state index in [1.807, 2.05) is 0 Å². The van der Waals surface area contributed by atoms with Crippen molar-refractivity contribution in [3.8, 4) is 66.8 Å². The average Bonchev–Trinajstić information content (AvgIpc) is 4.00. The topological polar surface area (TPSA) is 0 Å². The van der Waals surface area contributed by atoms with Crippen LogP contribution < -0.4 is 0 Å². The third-order valence-corrected chi connectivity index (χ3v) is 17.2. The second-order valence-electron chi connectivity index (χ2n) is 21.0. The monoisotopic (exact) mass is 910 g/mol. The van der Waals surface area contributed by atoms with E-state index in [0.29, 0.717) is 0 Å². The molecule has 0 unspecified atom stereocenters. The van der Waals surface area contributed by atoms with E-state index in [1.54, 1.807) is 0 Å². The van der Waals surface area contributed by atoms with E-state index in [0.717, 1.165) is 0 Å². The number of benzene rings is 13. The zero-order valence-electron chi connectivity index (χ0n) is 40.1. The van der Waals surface area contributed by atoms with E-state index < -0.39 is 5.41 Å². The van der Waals surface area contributed by atoms with Gasteiger partial charge in [0, 0.05) is 5.41 Å². The number of fused-ring (bicyclic) bond motifs is 21. The lowest BCUT2D eigenvalue weighted by Crippen LogP contribution is -2.26. The highest BCUT2D eigenvalue weighted by Gasteiger charge is 2.53. The average molecular weight is 911 g/mol. The molecule has 13 aromatic carbocycles. The molecule has 0 saturated carbocycles. The summed E-state index contributed by atoms with van der Waals surface area (Å²) in [7, 11) is 0. The second-order valence-corrected chi connectivity index (χ2v) is 21.0. The van der Waals surface area contributed by atoms with Gasteiger partial charge in [0.05, 0.1) is 5.41 Å². The van der Waals surface area contributed by atoms with E-state index >= 15 is 0 Å². The Balaban J connectivity index is 0.891. The third kappa shape index (κ3) is 5.11.